The summed E-state index contributed by atoms with van der Waals surface area (Å²) < 4.78 is 30.5. The number of rotatable bonds is 2. The Balaban J connectivity index is 0.000000243. The van der Waals surface area contributed by atoms with Crippen LogP contribution in [0.1, 0.15) is 6.92 Å². The van der Waals surface area contributed by atoms with E-state index in [9.17, 15) is 8.42 Å². The highest BCUT2D eigenvalue weighted by Crippen LogP contribution is 1.89. The molecule has 78 valence electrons. The van der Waals surface area contributed by atoms with Gasteiger partial charge in [-0.25, -0.2) is 4.18 Å². The lowest BCUT2D eigenvalue weighted by atomic mass is 10.7. The van der Waals surface area contributed by atoms with Crippen LogP contribution in [-0.2, 0) is 14.6 Å². The molecule has 1 rings (SSSR count). The Morgan fingerprint density at radius 2 is 2.31 bits per heavy atom. The van der Waals surface area contributed by atoms with Gasteiger partial charge in [-0.2, -0.15) is 8.42 Å². The van der Waals surface area contributed by atoms with E-state index in [-0.39, 0.29) is 0 Å². The Morgan fingerprint density at radius 3 is 2.38 bits per heavy atom. The van der Waals surface area contributed by atoms with E-state index >= 15 is 0 Å². The van der Waals surface area contributed by atoms with Gasteiger partial charge in [0.05, 0.1) is 12.9 Å². The zero-order valence-electron chi connectivity index (χ0n) is 7.04. The van der Waals surface area contributed by atoms with Gasteiger partial charge < -0.3 is 10.4 Å². The number of aliphatic imine (C=N–C) groups is 1. The van der Waals surface area contributed by atoms with Gasteiger partial charge in [-0.3, -0.25) is 9.55 Å². The summed E-state index contributed by atoms with van der Waals surface area (Å²) in [7, 11) is -4.47. The van der Waals surface area contributed by atoms with Gasteiger partial charge in [0.15, 0.2) is 6.29 Å². The highest BCUT2D eigenvalue weighted by atomic mass is 32.3. The first-order chi connectivity index (χ1) is 5.92. The number of hydrogen-bond donors (Lipinski definition) is 3. The van der Waals surface area contributed by atoms with Gasteiger partial charge in [-0.15, -0.1) is 0 Å². The first-order valence-electron chi connectivity index (χ1n) is 3.47. The van der Waals surface area contributed by atoms with Crippen LogP contribution in [0.5, 0.6) is 0 Å². The van der Waals surface area contributed by atoms with Gasteiger partial charge in [0.2, 0.25) is 0 Å². The van der Waals surface area contributed by atoms with Gasteiger partial charge in [-0.05, 0) is 6.92 Å². The van der Waals surface area contributed by atoms with Crippen LogP contribution in [0.25, 0.3) is 0 Å². The molecule has 0 aromatic rings. The summed E-state index contributed by atoms with van der Waals surface area (Å²) in [4.78, 5) is 3.85. The Hall–Kier alpha value is -0.700. The molecule has 0 aromatic heterocycles. The first-order valence-corrected chi connectivity index (χ1v) is 4.84. The molecule has 0 bridgehead atoms. The van der Waals surface area contributed by atoms with Gasteiger partial charge in [0, 0.05) is 6.54 Å². The third kappa shape index (κ3) is 11.3. The minimum absolute atomic E-state index is 0.958. The predicted octanol–water partition coefficient (Wildman–Crippen LogP) is -1.24. The Labute approximate surface area is 76.4 Å². The molecule has 1 aliphatic rings. The fourth-order valence-corrected chi connectivity index (χ4v) is 0.851. The maximum absolute atomic E-state index is 9.62. The zero-order valence-corrected chi connectivity index (χ0v) is 7.86. The highest BCUT2D eigenvalue weighted by Gasteiger charge is 2.07. The molecule has 1 unspecified atom stereocenters. The van der Waals surface area contributed by atoms with Crippen molar-refractivity contribution in [3.8, 4) is 0 Å². The van der Waals surface area contributed by atoms with Crippen molar-refractivity contribution in [2.45, 2.75) is 13.2 Å². The fraction of sp³-hybridized carbons (Fsp3) is 0.800. The fourth-order valence-electron chi connectivity index (χ4n) is 0.499. The van der Waals surface area contributed by atoms with Crippen LogP contribution in [0, 0.1) is 0 Å². The van der Waals surface area contributed by atoms with Gasteiger partial charge in [-0.1, -0.05) is 0 Å². The number of nitrogens with one attached hydrogen (secondary N) is 1. The van der Waals surface area contributed by atoms with Gasteiger partial charge in [0.25, 0.3) is 0 Å². The molecule has 7 nitrogen and oxygen atoms in total. The van der Waals surface area contributed by atoms with Crippen molar-refractivity contribution < 1.29 is 22.3 Å². The van der Waals surface area contributed by atoms with Crippen molar-refractivity contribution in [2.75, 3.05) is 13.1 Å². The van der Waals surface area contributed by atoms with E-state index in [1.807, 2.05) is 0 Å². The molecule has 0 amide bonds. The lowest BCUT2D eigenvalue weighted by Gasteiger charge is -1.98. The number of hydrogen-bond acceptors (Lipinski definition) is 6. The Kier molecular flexibility index (Phi) is 5.55. The second kappa shape index (κ2) is 5.86. The van der Waals surface area contributed by atoms with E-state index in [4.69, 9.17) is 9.66 Å². The molecule has 1 heterocycles. The lowest BCUT2D eigenvalue weighted by molar-refractivity contribution is -0.00301. The van der Waals surface area contributed by atoms with E-state index in [1.165, 1.54) is 0 Å². The van der Waals surface area contributed by atoms with E-state index in [2.05, 4.69) is 14.5 Å². The maximum atomic E-state index is 9.62. The molecule has 0 fully saturated rings. The molecule has 0 aliphatic carbocycles. The second-order valence-corrected chi connectivity index (χ2v) is 3.16. The van der Waals surface area contributed by atoms with Crippen LogP contribution in [-0.4, -0.2) is 43.8 Å². The van der Waals surface area contributed by atoms with Crippen molar-refractivity contribution >= 4 is 16.7 Å². The summed E-state index contributed by atoms with van der Waals surface area (Å²) in [6, 6.07) is 0. The van der Waals surface area contributed by atoms with E-state index in [0.717, 1.165) is 20.0 Å². The average Bonchev–Trinajstić information content (AvgIpc) is 2.33. The van der Waals surface area contributed by atoms with Crippen molar-refractivity contribution in [3.63, 3.8) is 0 Å². The van der Waals surface area contributed by atoms with E-state index < -0.39 is 16.7 Å². The largest absolute Gasteiger partial charge is 0.399 e. The normalized spacial score (nSPS) is 17.2. The summed E-state index contributed by atoms with van der Waals surface area (Å²) in [6.45, 7) is 3.05. The van der Waals surface area contributed by atoms with Crippen LogP contribution in [0.2, 0.25) is 0 Å². The molecular formula is C5H12N2O5S. The molecule has 0 spiro atoms. The van der Waals surface area contributed by atoms with Crippen molar-refractivity contribution in [2.24, 2.45) is 4.99 Å². The molecule has 0 saturated heterocycles. The molecule has 0 saturated carbocycles. The SMILES string of the molecule is C1=NCCN1.CC(O)OS(=O)(=O)O. The van der Waals surface area contributed by atoms with Crippen molar-refractivity contribution in [1.29, 1.82) is 0 Å². The molecule has 1 atom stereocenters. The monoisotopic (exact) mass is 212 g/mol. The molecule has 13 heavy (non-hydrogen) atoms. The first kappa shape index (κ1) is 12.3. The van der Waals surface area contributed by atoms with Crippen LogP contribution in [0.4, 0.5) is 0 Å². The third-order valence-corrected chi connectivity index (χ3v) is 1.35. The third-order valence-electron chi connectivity index (χ3n) is 0.829. The van der Waals surface area contributed by atoms with Crippen molar-refractivity contribution in [3.05, 3.63) is 0 Å². The minimum Gasteiger partial charge on any atom is -0.375 e. The minimum atomic E-state index is -4.47. The van der Waals surface area contributed by atoms with Gasteiger partial charge in [0.1, 0.15) is 0 Å². The quantitative estimate of drug-likeness (QED) is 0.390. The predicted molar refractivity (Wildman–Crippen MR) is 45.7 cm³/mol. The summed E-state index contributed by atoms with van der Waals surface area (Å²) in [5, 5.41) is 11.1. The smallest absolute Gasteiger partial charge is 0.375 e. The second-order valence-electron chi connectivity index (χ2n) is 2.11. The topological polar surface area (TPSA) is 108 Å². The maximum Gasteiger partial charge on any atom is 0.399 e. The zero-order chi connectivity index (χ0) is 10.3. The summed E-state index contributed by atoms with van der Waals surface area (Å²) in [5.41, 5.74) is 0. The Bertz CT molecular complexity index is 242. The van der Waals surface area contributed by atoms with Crippen molar-refractivity contribution in [1.82, 2.24) is 5.32 Å². The molecule has 0 radical (unpaired) electrons. The standard InChI is InChI=1S/C3H6N2.C2H6O5S/c1-2-5-3-4-1;1-2(3)7-8(4,5)6/h3H,1-2H2,(H,4,5);2-3H,1H3,(H,4,5,6). The number of nitrogens with zero attached hydrogens (tertiary/aromatic N) is 1. The van der Waals surface area contributed by atoms with E-state index in [0.29, 0.717) is 0 Å². The summed E-state index contributed by atoms with van der Waals surface area (Å²) in [5.74, 6) is 0. The van der Waals surface area contributed by atoms with Crippen LogP contribution < -0.4 is 5.32 Å². The summed E-state index contributed by atoms with van der Waals surface area (Å²) in [6.07, 6.45) is 0.241. The summed E-state index contributed by atoms with van der Waals surface area (Å²) >= 11 is 0. The Morgan fingerprint density at radius 1 is 1.69 bits per heavy atom. The lowest BCUT2D eigenvalue weighted by Crippen LogP contribution is -2.12. The van der Waals surface area contributed by atoms with Crippen LogP contribution in [0.15, 0.2) is 4.99 Å². The highest BCUT2D eigenvalue weighted by molar-refractivity contribution is 7.80. The molecule has 1 aliphatic heterocycles. The van der Waals surface area contributed by atoms with E-state index in [1.54, 1.807) is 6.34 Å². The van der Waals surface area contributed by atoms with Crippen LogP contribution >= 0.6 is 0 Å². The average molecular weight is 212 g/mol. The number of aliphatic hydroxyl groups excluding tert-OH is 1. The molecule has 8 heteroatoms. The molecular weight excluding hydrogens is 200 g/mol. The van der Waals surface area contributed by atoms with Crippen LogP contribution in [0.3, 0.4) is 0 Å². The molecule has 3 N–H and O–H groups in total. The number of aliphatic hydroxyl groups is 1. The molecule has 0 aromatic carbocycles. The van der Waals surface area contributed by atoms with Gasteiger partial charge >= 0.3 is 10.4 Å².